The van der Waals surface area contributed by atoms with Crippen LogP contribution in [0.2, 0.25) is 0 Å². The molecule has 0 aromatic heterocycles. The van der Waals surface area contributed by atoms with Crippen LogP contribution in [0.4, 0.5) is 17.1 Å². The van der Waals surface area contributed by atoms with Crippen molar-refractivity contribution in [2.24, 2.45) is 0 Å². The summed E-state index contributed by atoms with van der Waals surface area (Å²) in [6, 6.07) is 34.3. The number of non-ortho nitro benzene ring substituents is 1. The number of anilines is 1. The van der Waals surface area contributed by atoms with Crippen LogP contribution in [0.5, 0.6) is 0 Å². The lowest BCUT2D eigenvalue weighted by atomic mass is 9.80. The smallest absolute Gasteiger partial charge is 0.299 e. The van der Waals surface area contributed by atoms with E-state index in [0.717, 1.165) is 22.8 Å². The zero-order valence-electron chi connectivity index (χ0n) is 35.1. The fraction of sp³-hybridized carbons (Fsp3) is 0.467. The molecule has 0 spiro atoms. The maximum atomic E-state index is 11.2. The topological polar surface area (TPSA) is 191 Å². The van der Waals surface area contributed by atoms with Gasteiger partial charge in [-0.25, -0.2) is 0 Å². The molecule has 0 saturated carbocycles. The fourth-order valence-electron chi connectivity index (χ4n) is 6.08. The first-order valence-electron chi connectivity index (χ1n) is 20.7. The number of rotatable bonds is 37. The second-order valence-corrected chi connectivity index (χ2v) is 13.3. The molecular formula is C45H59N3O14. The van der Waals surface area contributed by atoms with Crippen molar-refractivity contribution >= 4 is 17.1 Å². The van der Waals surface area contributed by atoms with E-state index in [9.17, 15) is 20.2 Å². The molecule has 1 N–H and O–H groups in total. The van der Waals surface area contributed by atoms with Gasteiger partial charge in [0.2, 0.25) is 0 Å². The number of ether oxygens (including phenoxy) is 10. The molecule has 338 valence electrons. The van der Waals surface area contributed by atoms with Gasteiger partial charge in [0.1, 0.15) is 11.3 Å². The van der Waals surface area contributed by atoms with Crippen LogP contribution in [-0.4, -0.2) is 142 Å². The van der Waals surface area contributed by atoms with Gasteiger partial charge in [-0.3, -0.25) is 20.2 Å². The Balaban J connectivity index is 0.868. The van der Waals surface area contributed by atoms with Crippen LogP contribution in [0.3, 0.4) is 0 Å². The Hall–Kier alpha value is -4.92. The predicted octanol–water partition coefficient (Wildman–Crippen LogP) is 6.07. The highest BCUT2D eigenvalue weighted by Crippen LogP contribution is 2.40. The van der Waals surface area contributed by atoms with Gasteiger partial charge in [0.05, 0.1) is 141 Å². The highest BCUT2D eigenvalue weighted by molar-refractivity contribution is 5.65. The number of nitro benzene ring substituents is 2. The van der Waals surface area contributed by atoms with Gasteiger partial charge in [0.15, 0.2) is 0 Å². The molecule has 4 aromatic carbocycles. The van der Waals surface area contributed by atoms with E-state index in [1.807, 2.05) is 54.6 Å². The van der Waals surface area contributed by atoms with Gasteiger partial charge in [0, 0.05) is 12.6 Å². The van der Waals surface area contributed by atoms with Crippen molar-refractivity contribution in [1.29, 1.82) is 0 Å². The summed E-state index contributed by atoms with van der Waals surface area (Å²) in [6.45, 7) is 8.34. The summed E-state index contributed by atoms with van der Waals surface area (Å²) in [5.74, 6) is 0. The summed E-state index contributed by atoms with van der Waals surface area (Å²) < 4.78 is 56.7. The summed E-state index contributed by atoms with van der Waals surface area (Å²) in [4.78, 5) is 20.7. The molecule has 0 radical (unpaired) electrons. The molecule has 0 heterocycles. The van der Waals surface area contributed by atoms with Crippen LogP contribution >= 0.6 is 0 Å². The second-order valence-electron chi connectivity index (χ2n) is 13.3. The van der Waals surface area contributed by atoms with Crippen LogP contribution < -0.4 is 5.32 Å². The molecule has 4 rings (SSSR count). The Morgan fingerprint density at radius 1 is 0.403 bits per heavy atom. The van der Waals surface area contributed by atoms with E-state index in [1.54, 1.807) is 0 Å². The van der Waals surface area contributed by atoms with Gasteiger partial charge in [-0.2, -0.15) is 0 Å². The Kier molecular flexibility index (Phi) is 24.9. The Labute approximate surface area is 362 Å². The number of nitrogens with zero attached hydrogens (tertiary/aromatic N) is 2. The Morgan fingerprint density at radius 2 is 0.726 bits per heavy atom. The van der Waals surface area contributed by atoms with Crippen molar-refractivity contribution < 1.29 is 57.2 Å². The first kappa shape index (κ1) is 49.7. The van der Waals surface area contributed by atoms with E-state index in [0.29, 0.717) is 119 Å². The van der Waals surface area contributed by atoms with E-state index in [-0.39, 0.29) is 30.2 Å². The molecule has 62 heavy (non-hydrogen) atoms. The zero-order chi connectivity index (χ0) is 43.8. The maximum Gasteiger partial charge on any atom is 0.299 e. The number of hydrogen-bond donors (Lipinski definition) is 1. The Bertz CT molecular complexity index is 1680. The van der Waals surface area contributed by atoms with Crippen molar-refractivity contribution in [2.45, 2.75) is 5.60 Å². The SMILES string of the molecule is O=[N+]([O-])c1ccc(NCCOCCOCCOCCOCCOCCOCCOCCOCCOCCOC(c2ccccc2)(c2ccccc2)c2ccccc2)c([N+](=O)[O-])c1. The molecular weight excluding hydrogens is 807 g/mol. The molecule has 17 nitrogen and oxygen atoms in total. The lowest BCUT2D eigenvalue weighted by molar-refractivity contribution is -0.393. The third-order valence-electron chi connectivity index (χ3n) is 9.01. The molecule has 0 aliphatic heterocycles. The molecule has 17 heteroatoms. The molecule has 0 unspecified atom stereocenters. The summed E-state index contributed by atoms with van der Waals surface area (Å²) >= 11 is 0. The number of hydrogen-bond acceptors (Lipinski definition) is 15. The van der Waals surface area contributed by atoms with Crippen molar-refractivity contribution in [3.05, 3.63) is 146 Å². The summed E-state index contributed by atoms with van der Waals surface area (Å²) in [6.07, 6.45) is 0. The van der Waals surface area contributed by atoms with Crippen LogP contribution in [0.25, 0.3) is 0 Å². The van der Waals surface area contributed by atoms with Gasteiger partial charge in [-0.05, 0) is 22.8 Å². The minimum atomic E-state index is -0.768. The normalized spacial score (nSPS) is 11.5. The minimum absolute atomic E-state index is 0.184. The molecule has 0 saturated heterocycles. The van der Waals surface area contributed by atoms with Crippen molar-refractivity contribution in [1.82, 2.24) is 0 Å². The predicted molar refractivity (Wildman–Crippen MR) is 231 cm³/mol. The third-order valence-corrected chi connectivity index (χ3v) is 9.01. The lowest BCUT2D eigenvalue weighted by Crippen LogP contribution is -2.34. The van der Waals surface area contributed by atoms with Gasteiger partial charge >= 0.3 is 0 Å². The highest BCUT2D eigenvalue weighted by Gasteiger charge is 2.37. The van der Waals surface area contributed by atoms with E-state index in [2.05, 4.69) is 41.7 Å². The van der Waals surface area contributed by atoms with Crippen LogP contribution in [-0.2, 0) is 53.0 Å². The largest absolute Gasteiger partial charge is 0.377 e. The van der Waals surface area contributed by atoms with Crippen LogP contribution in [0.1, 0.15) is 16.7 Å². The van der Waals surface area contributed by atoms with Gasteiger partial charge < -0.3 is 52.7 Å². The number of benzene rings is 4. The lowest BCUT2D eigenvalue weighted by Gasteiger charge is -2.36. The monoisotopic (exact) mass is 865 g/mol. The molecule has 0 atom stereocenters. The molecule has 0 fully saturated rings. The van der Waals surface area contributed by atoms with Gasteiger partial charge in [0.25, 0.3) is 11.4 Å². The quantitative estimate of drug-likeness (QED) is 0.0238. The molecule has 4 aromatic rings. The zero-order valence-corrected chi connectivity index (χ0v) is 35.1. The molecule has 0 bridgehead atoms. The average molecular weight is 866 g/mol. The maximum absolute atomic E-state index is 11.2. The van der Waals surface area contributed by atoms with E-state index in [1.165, 1.54) is 12.1 Å². The van der Waals surface area contributed by atoms with Crippen LogP contribution in [0.15, 0.2) is 109 Å². The van der Waals surface area contributed by atoms with E-state index < -0.39 is 15.4 Å². The summed E-state index contributed by atoms with van der Waals surface area (Å²) in [7, 11) is 0. The molecule has 0 aliphatic carbocycles. The summed E-state index contributed by atoms with van der Waals surface area (Å²) in [5.41, 5.74) is 1.86. The van der Waals surface area contributed by atoms with E-state index >= 15 is 0 Å². The van der Waals surface area contributed by atoms with Crippen molar-refractivity contribution in [3.63, 3.8) is 0 Å². The standard InChI is InChI=1S/C45H59N3O14/c49-47(50)42-16-17-43(44(38-42)48(51)52)46-18-19-53-20-21-54-22-23-55-24-25-56-26-27-57-28-29-58-30-31-59-32-33-60-34-35-61-36-37-62-45(39-10-4-1-5-11-39,40-12-6-2-7-13-40)41-14-8-3-9-15-41/h1-17,38,46H,18-37H2. The first-order chi connectivity index (χ1) is 30.5. The van der Waals surface area contributed by atoms with Crippen molar-refractivity contribution in [2.75, 3.05) is 137 Å². The van der Waals surface area contributed by atoms with Crippen molar-refractivity contribution in [3.8, 4) is 0 Å². The number of nitrogens with one attached hydrogen (secondary N) is 1. The van der Waals surface area contributed by atoms with E-state index in [4.69, 9.17) is 47.4 Å². The summed E-state index contributed by atoms with van der Waals surface area (Å²) in [5, 5.41) is 24.9. The molecule has 0 aliphatic rings. The Morgan fingerprint density at radius 3 is 1.05 bits per heavy atom. The highest BCUT2D eigenvalue weighted by atomic mass is 16.6. The molecule has 0 amide bonds. The minimum Gasteiger partial charge on any atom is -0.377 e. The fourth-order valence-corrected chi connectivity index (χ4v) is 6.08. The van der Waals surface area contributed by atoms with Gasteiger partial charge in [-0.1, -0.05) is 91.0 Å². The van der Waals surface area contributed by atoms with Crippen LogP contribution in [0, 0.1) is 20.2 Å². The average Bonchev–Trinajstić information content (AvgIpc) is 3.30. The second kappa shape index (κ2) is 31.0. The van der Waals surface area contributed by atoms with Gasteiger partial charge in [-0.15, -0.1) is 0 Å². The number of nitro groups is 2. The third kappa shape index (κ3) is 18.6. The first-order valence-corrected chi connectivity index (χ1v) is 20.7.